The number of ether oxygens (including phenoxy) is 1. The third-order valence-corrected chi connectivity index (χ3v) is 3.62. The first kappa shape index (κ1) is 15.4. The Bertz CT molecular complexity index is 617. The Kier molecular flexibility index (Phi) is 5.26. The lowest BCUT2D eigenvalue weighted by molar-refractivity contribution is -0.120. The highest BCUT2D eigenvalue weighted by molar-refractivity contribution is 5.85. The number of benzene rings is 1. The predicted molar refractivity (Wildman–Crippen MR) is 85.8 cm³/mol. The number of rotatable bonds is 7. The Labute approximate surface area is 126 Å². The van der Waals surface area contributed by atoms with Gasteiger partial charge in [0.25, 0.3) is 0 Å². The zero-order valence-corrected chi connectivity index (χ0v) is 13.1. The first-order chi connectivity index (χ1) is 10.2. The first-order valence-corrected chi connectivity index (χ1v) is 7.70. The van der Waals surface area contributed by atoms with Crippen LogP contribution in [-0.4, -0.2) is 23.6 Å². The van der Waals surface area contributed by atoms with E-state index in [1.165, 1.54) is 16.5 Å². The van der Waals surface area contributed by atoms with Crippen LogP contribution in [0.3, 0.4) is 0 Å². The number of fused-ring (bicyclic) bond motifs is 1. The molecule has 1 amide bonds. The van der Waals surface area contributed by atoms with Gasteiger partial charge in [0.05, 0.1) is 6.61 Å². The summed E-state index contributed by atoms with van der Waals surface area (Å²) in [5.74, 6) is 1.00. The first-order valence-electron chi connectivity index (χ1n) is 7.70. The van der Waals surface area contributed by atoms with Gasteiger partial charge in [0.15, 0.2) is 0 Å². The van der Waals surface area contributed by atoms with Crippen LogP contribution in [0, 0.1) is 0 Å². The summed E-state index contributed by atoms with van der Waals surface area (Å²) in [4.78, 5) is 11.3. The minimum absolute atomic E-state index is 0.101. The maximum atomic E-state index is 11.3. The van der Waals surface area contributed by atoms with Crippen LogP contribution in [0.25, 0.3) is 10.9 Å². The average Bonchev–Trinajstić information content (AvgIpc) is 2.85. The van der Waals surface area contributed by atoms with E-state index in [9.17, 15) is 4.79 Å². The molecule has 0 saturated carbocycles. The second kappa shape index (κ2) is 7.16. The molecule has 0 radical (unpaired) electrons. The average molecular weight is 288 g/mol. The maximum Gasteiger partial charge on any atom is 0.219 e. The fourth-order valence-electron chi connectivity index (χ4n) is 2.53. The van der Waals surface area contributed by atoms with Gasteiger partial charge in [-0.2, -0.15) is 0 Å². The summed E-state index contributed by atoms with van der Waals surface area (Å²) in [7, 11) is 0. The number of carbonyl (C=O) groups excluding carboxylic acids is 1. The molecule has 0 fully saturated rings. The molecule has 1 aromatic heterocycles. The van der Waals surface area contributed by atoms with Crippen molar-refractivity contribution in [1.29, 1.82) is 0 Å². The van der Waals surface area contributed by atoms with Gasteiger partial charge in [-0.3, -0.25) is 4.79 Å². The Morgan fingerprint density at radius 3 is 2.76 bits per heavy atom. The van der Waals surface area contributed by atoms with Crippen molar-refractivity contribution in [3.8, 4) is 5.75 Å². The zero-order chi connectivity index (χ0) is 15.2. The molecule has 2 rings (SSSR count). The Morgan fingerprint density at radius 2 is 2.10 bits per heavy atom. The SMILES string of the molecule is CCOc1ccc2c(c1)c(CCNC(=O)CC)cn2CC. The van der Waals surface area contributed by atoms with Gasteiger partial charge in [0.1, 0.15) is 5.75 Å². The van der Waals surface area contributed by atoms with Crippen LogP contribution in [0.15, 0.2) is 24.4 Å². The molecule has 0 unspecified atom stereocenters. The van der Waals surface area contributed by atoms with Crippen LogP contribution < -0.4 is 10.1 Å². The van der Waals surface area contributed by atoms with E-state index >= 15 is 0 Å². The molecule has 0 aliphatic carbocycles. The number of carbonyl (C=O) groups is 1. The van der Waals surface area contributed by atoms with Gasteiger partial charge in [0.2, 0.25) is 5.91 Å². The number of aromatic nitrogens is 1. The monoisotopic (exact) mass is 288 g/mol. The van der Waals surface area contributed by atoms with Gasteiger partial charge in [0, 0.05) is 36.6 Å². The molecule has 0 spiro atoms. The summed E-state index contributed by atoms with van der Waals surface area (Å²) in [6.07, 6.45) is 3.55. The molecule has 1 aromatic carbocycles. The Balaban J connectivity index is 2.24. The molecule has 1 N–H and O–H groups in total. The zero-order valence-electron chi connectivity index (χ0n) is 13.1. The van der Waals surface area contributed by atoms with Crippen LogP contribution >= 0.6 is 0 Å². The van der Waals surface area contributed by atoms with Crippen LogP contribution in [0.2, 0.25) is 0 Å². The molecular weight excluding hydrogens is 264 g/mol. The van der Waals surface area contributed by atoms with Crippen LogP contribution in [0.4, 0.5) is 0 Å². The van der Waals surface area contributed by atoms with Crippen molar-refractivity contribution in [2.24, 2.45) is 0 Å². The van der Waals surface area contributed by atoms with Crippen molar-refractivity contribution in [3.63, 3.8) is 0 Å². The van der Waals surface area contributed by atoms with E-state index in [4.69, 9.17) is 4.74 Å². The molecule has 114 valence electrons. The highest BCUT2D eigenvalue weighted by atomic mass is 16.5. The van der Waals surface area contributed by atoms with Gasteiger partial charge in [-0.15, -0.1) is 0 Å². The van der Waals surface area contributed by atoms with E-state index < -0.39 is 0 Å². The second-order valence-corrected chi connectivity index (χ2v) is 5.01. The lowest BCUT2D eigenvalue weighted by atomic mass is 10.1. The maximum absolute atomic E-state index is 11.3. The molecule has 0 saturated heterocycles. The van der Waals surface area contributed by atoms with E-state index in [1.807, 2.05) is 19.9 Å². The van der Waals surface area contributed by atoms with Gasteiger partial charge < -0.3 is 14.6 Å². The van der Waals surface area contributed by atoms with Crippen molar-refractivity contribution in [1.82, 2.24) is 9.88 Å². The van der Waals surface area contributed by atoms with E-state index in [0.29, 0.717) is 19.6 Å². The van der Waals surface area contributed by atoms with Crippen molar-refractivity contribution >= 4 is 16.8 Å². The molecule has 0 aliphatic rings. The van der Waals surface area contributed by atoms with Crippen LogP contribution in [0.5, 0.6) is 5.75 Å². The van der Waals surface area contributed by atoms with Gasteiger partial charge in [-0.1, -0.05) is 6.92 Å². The smallest absolute Gasteiger partial charge is 0.219 e. The second-order valence-electron chi connectivity index (χ2n) is 5.01. The van der Waals surface area contributed by atoms with Gasteiger partial charge >= 0.3 is 0 Å². The minimum Gasteiger partial charge on any atom is -0.494 e. The van der Waals surface area contributed by atoms with Crippen molar-refractivity contribution in [2.45, 2.75) is 40.2 Å². The Morgan fingerprint density at radius 1 is 1.29 bits per heavy atom. The van der Waals surface area contributed by atoms with Crippen molar-refractivity contribution in [3.05, 3.63) is 30.0 Å². The Hall–Kier alpha value is -1.97. The van der Waals surface area contributed by atoms with Crippen molar-refractivity contribution in [2.75, 3.05) is 13.2 Å². The quantitative estimate of drug-likeness (QED) is 0.850. The number of nitrogens with one attached hydrogen (secondary N) is 1. The van der Waals surface area contributed by atoms with E-state index in [0.717, 1.165) is 18.7 Å². The molecule has 4 heteroatoms. The third kappa shape index (κ3) is 3.57. The summed E-state index contributed by atoms with van der Waals surface area (Å²) in [5, 5.41) is 4.15. The number of hydrogen-bond acceptors (Lipinski definition) is 2. The van der Waals surface area contributed by atoms with E-state index in [1.54, 1.807) is 0 Å². The lowest BCUT2D eigenvalue weighted by Gasteiger charge is -2.05. The number of amides is 1. The number of aryl methyl sites for hydroxylation is 1. The topological polar surface area (TPSA) is 43.3 Å². The minimum atomic E-state index is 0.101. The summed E-state index contributed by atoms with van der Waals surface area (Å²) >= 11 is 0. The lowest BCUT2D eigenvalue weighted by Crippen LogP contribution is -2.24. The van der Waals surface area contributed by atoms with E-state index in [-0.39, 0.29) is 5.91 Å². The fourth-order valence-corrected chi connectivity index (χ4v) is 2.53. The van der Waals surface area contributed by atoms with Crippen LogP contribution in [-0.2, 0) is 17.8 Å². The third-order valence-electron chi connectivity index (χ3n) is 3.62. The fraction of sp³-hybridized carbons (Fsp3) is 0.471. The van der Waals surface area contributed by atoms with E-state index in [2.05, 4.69) is 35.1 Å². The highest BCUT2D eigenvalue weighted by Gasteiger charge is 2.09. The molecule has 0 bridgehead atoms. The van der Waals surface area contributed by atoms with Gasteiger partial charge in [-0.05, 0) is 44.0 Å². The highest BCUT2D eigenvalue weighted by Crippen LogP contribution is 2.26. The van der Waals surface area contributed by atoms with Crippen LogP contribution in [0.1, 0.15) is 32.8 Å². The molecule has 21 heavy (non-hydrogen) atoms. The molecular formula is C17H24N2O2. The van der Waals surface area contributed by atoms with Gasteiger partial charge in [-0.25, -0.2) is 0 Å². The predicted octanol–water partition coefficient (Wildman–Crippen LogP) is 3.13. The largest absolute Gasteiger partial charge is 0.494 e. The summed E-state index contributed by atoms with van der Waals surface area (Å²) in [6.45, 7) is 8.27. The number of nitrogens with zero attached hydrogens (tertiary/aromatic N) is 1. The summed E-state index contributed by atoms with van der Waals surface area (Å²) in [5.41, 5.74) is 2.47. The standard InChI is InChI=1S/C17H24N2O2/c1-4-17(20)18-10-9-13-12-19(5-2)16-8-7-14(21-6-3)11-15(13)16/h7-8,11-12H,4-6,9-10H2,1-3H3,(H,18,20). The molecule has 4 nitrogen and oxygen atoms in total. The molecule has 2 aromatic rings. The molecule has 0 atom stereocenters. The van der Waals surface area contributed by atoms with Crippen molar-refractivity contribution < 1.29 is 9.53 Å². The normalized spacial score (nSPS) is 10.8. The summed E-state index contributed by atoms with van der Waals surface area (Å²) in [6, 6.07) is 6.22. The number of hydrogen-bond donors (Lipinski definition) is 1. The summed E-state index contributed by atoms with van der Waals surface area (Å²) < 4.78 is 7.83. The molecule has 1 heterocycles. The molecule has 0 aliphatic heterocycles.